The van der Waals surface area contributed by atoms with Gasteiger partial charge in [-0.05, 0) is 51.2 Å². The lowest BCUT2D eigenvalue weighted by atomic mass is 10.2. The number of halogens is 1. The van der Waals surface area contributed by atoms with Crippen molar-refractivity contribution >= 4 is 11.6 Å². The fraction of sp³-hybridized carbons (Fsp3) is 0.571. The van der Waals surface area contributed by atoms with Crippen LogP contribution in [0.5, 0.6) is 0 Å². The van der Waals surface area contributed by atoms with E-state index in [2.05, 4.69) is 43.2 Å². The minimum Gasteiger partial charge on any atom is -0.314 e. The highest BCUT2D eigenvalue weighted by Gasteiger charge is 2.04. The molecule has 0 saturated carbocycles. The van der Waals surface area contributed by atoms with Crippen LogP contribution in [0.4, 0.5) is 0 Å². The zero-order valence-corrected chi connectivity index (χ0v) is 11.8. The van der Waals surface area contributed by atoms with Crippen molar-refractivity contribution in [2.24, 2.45) is 0 Å². The van der Waals surface area contributed by atoms with E-state index in [0.717, 1.165) is 24.7 Å². The zero-order chi connectivity index (χ0) is 12.7. The maximum atomic E-state index is 5.86. The van der Waals surface area contributed by atoms with Crippen molar-refractivity contribution in [2.45, 2.75) is 32.9 Å². The third kappa shape index (κ3) is 6.06. The summed E-state index contributed by atoms with van der Waals surface area (Å²) < 4.78 is 0. The number of hydrogen-bond acceptors (Lipinski definition) is 2. The van der Waals surface area contributed by atoms with E-state index in [1.807, 2.05) is 12.1 Å². The summed E-state index contributed by atoms with van der Waals surface area (Å²) in [6, 6.07) is 8.67. The predicted octanol–water partition coefficient (Wildman–Crippen LogP) is 3.16. The Hall–Kier alpha value is -0.570. The Morgan fingerprint density at radius 3 is 2.53 bits per heavy atom. The third-order valence-electron chi connectivity index (χ3n) is 2.86. The van der Waals surface area contributed by atoms with Crippen LogP contribution >= 0.6 is 11.6 Å². The Morgan fingerprint density at radius 2 is 1.94 bits per heavy atom. The molecule has 1 aromatic rings. The second-order valence-electron chi connectivity index (χ2n) is 4.61. The molecule has 1 N–H and O–H groups in total. The van der Waals surface area contributed by atoms with Gasteiger partial charge in [-0.15, -0.1) is 0 Å². The molecule has 2 nitrogen and oxygen atoms in total. The molecule has 1 unspecified atom stereocenters. The van der Waals surface area contributed by atoms with Crippen molar-refractivity contribution in [2.75, 3.05) is 20.1 Å². The van der Waals surface area contributed by atoms with Crippen LogP contribution in [-0.2, 0) is 6.54 Å². The Kier molecular flexibility index (Phi) is 6.56. The summed E-state index contributed by atoms with van der Waals surface area (Å²) in [4.78, 5) is 2.34. The summed E-state index contributed by atoms with van der Waals surface area (Å²) in [6.07, 6.45) is 1.18. The molecule has 0 amide bonds. The molecule has 3 heteroatoms. The molecule has 1 aromatic carbocycles. The first-order valence-corrected chi connectivity index (χ1v) is 6.66. The van der Waals surface area contributed by atoms with Gasteiger partial charge in [0.15, 0.2) is 0 Å². The zero-order valence-electron chi connectivity index (χ0n) is 11.0. The Morgan fingerprint density at radius 1 is 1.29 bits per heavy atom. The van der Waals surface area contributed by atoms with Gasteiger partial charge in [-0.25, -0.2) is 0 Å². The monoisotopic (exact) mass is 254 g/mol. The lowest BCUT2D eigenvalue weighted by molar-refractivity contribution is 0.304. The molecule has 96 valence electrons. The molecule has 0 aromatic heterocycles. The first-order valence-electron chi connectivity index (χ1n) is 6.28. The van der Waals surface area contributed by atoms with E-state index in [4.69, 9.17) is 11.6 Å². The van der Waals surface area contributed by atoms with E-state index in [1.165, 1.54) is 12.0 Å². The minimum atomic E-state index is 0.590. The van der Waals surface area contributed by atoms with Crippen LogP contribution in [0.3, 0.4) is 0 Å². The first kappa shape index (κ1) is 14.5. The van der Waals surface area contributed by atoms with Gasteiger partial charge < -0.3 is 10.2 Å². The number of hydrogen-bond donors (Lipinski definition) is 1. The molecule has 0 spiro atoms. The molecule has 0 bridgehead atoms. The van der Waals surface area contributed by atoms with E-state index in [-0.39, 0.29) is 0 Å². The fourth-order valence-corrected chi connectivity index (χ4v) is 1.97. The fourth-order valence-electron chi connectivity index (χ4n) is 1.85. The second-order valence-corrected chi connectivity index (χ2v) is 5.05. The molecule has 0 aliphatic heterocycles. The van der Waals surface area contributed by atoms with Gasteiger partial charge in [0.1, 0.15) is 0 Å². The molecule has 0 saturated heterocycles. The first-order chi connectivity index (χ1) is 8.11. The smallest absolute Gasteiger partial charge is 0.0406 e. The lowest BCUT2D eigenvalue weighted by Crippen LogP contribution is -2.30. The van der Waals surface area contributed by atoms with Gasteiger partial charge in [-0.1, -0.05) is 30.7 Å². The molecule has 0 aliphatic carbocycles. The Balaban J connectivity index is 2.29. The molecular formula is C14H23ClN2. The van der Waals surface area contributed by atoms with Crippen molar-refractivity contribution in [3.63, 3.8) is 0 Å². The van der Waals surface area contributed by atoms with E-state index in [1.54, 1.807) is 0 Å². The molecule has 1 rings (SSSR count). The Labute approximate surface area is 110 Å². The van der Waals surface area contributed by atoms with Crippen molar-refractivity contribution in [3.8, 4) is 0 Å². The average Bonchev–Trinajstić information content (AvgIpc) is 2.30. The van der Waals surface area contributed by atoms with Crippen LogP contribution < -0.4 is 5.32 Å². The SMILES string of the molecule is CCNC(C)CCN(C)Cc1ccc(Cl)cc1. The molecule has 0 radical (unpaired) electrons. The van der Waals surface area contributed by atoms with Crippen LogP contribution in [0, 0.1) is 0 Å². The van der Waals surface area contributed by atoms with Crippen LogP contribution in [0.15, 0.2) is 24.3 Å². The van der Waals surface area contributed by atoms with Gasteiger partial charge in [0.2, 0.25) is 0 Å². The third-order valence-corrected chi connectivity index (χ3v) is 3.11. The highest BCUT2D eigenvalue weighted by Crippen LogP contribution is 2.11. The van der Waals surface area contributed by atoms with Crippen molar-refractivity contribution in [1.29, 1.82) is 0 Å². The van der Waals surface area contributed by atoms with E-state index in [9.17, 15) is 0 Å². The summed E-state index contributed by atoms with van der Waals surface area (Å²) >= 11 is 5.86. The molecule has 17 heavy (non-hydrogen) atoms. The van der Waals surface area contributed by atoms with Gasteiger partial charge >= 0.3 is 0 Å². The molecule has 1 atom stereocenters. The minimum absolute atomic E-state index is 0.590. The lowest BCUT2D eigenvalue weighted by Gasteiger charge is -2.19. The highest BCUT2D eigenvalue weighted by molar-refractivity contribution is 6.30. The predicted molar refractivity (Wildman–Crippen MR) is 75.5 cm³/mol. The summed E-state index contributed by atoms with van der Waals surface area (Å²) in [5.74, 6) is 0. The average molecular weight is 255 g/mol. The Bertz CT molecular complexity index is 311. The van der Waals surface area contributed by atoms with E-state index < -0.39 is 0 Å². The molecule has 0 fully saturated rings. The van der Waals surface area contributed by atoms with Crippen molar-refractivity contribution < 1.29 is 0 Å². The van der Waals surface area contributed by atoms with Crippen LogP contribution in [-0.4, -0.2) is 31.1 Å². The van der Waals surface area contributed by atoms with Gasteiger partial charge in [-0.3, -0.25) is 0 Å². The maximum Gasteiger partial charge on any atom is 0.0406 e. The normalized spacial score (nSPS) is 13.0. The molecule has 0 heterocycles. The van der Waals surface area contributed by atoms with Gasteiger partial charge in [0, 0.05) is 17.6 Å². The number of nitrogens with one attached hydrogen (secondary N) is 1. The maximum absolute atomic E-state index is 5.86. The topological polar surface area (TPSA) is 15.3 Å². The second kappa shape index (κ2) is 7.70. The van der Waals surface area contributed by atoms with Crippen LogP contribution in [0.25, 0.3) is 0 Å². The van der Waals surface area contributed by atoms with Gasteiger partial charge in [0.25, 0.3) is 0 Å². The van der Waals surface area contributed by atoms with Crippen LogP contribution in [0.2, 0.25) is 5.02 Å². The van der Waals surface area contributed by atoms with Crippen LogP contribution in [0.1, 0.15) is 25.8 Å². The number of nitrogens with zero attached hydrogens (tertiary/aromatic N) is 1. The number of rotatable bonds is 7. The molecule has 0 aliphatic rings. The number of benzene rings is 1. The summed E-state index contributed by atoms with van der Waals surface area (Å²) in [6.45, 7) is 7.52. The van der Waals surface area contributed by atoms with Crippen molar-refractivity contribution in [3.05, 3.63) is 34.9 Å². The standard InChI is InChI=1S/C14H23ClN2/c1-4-16-12(2)9-10-17(3)11-13-5-7-14(15)8-6-13/h5-8,12,16H,4,9-11H2,1-3H3. The summed E-state index contributed by atoms with van der Waals surface area (Å²) in [5.41, 5.74) is 1.31. The summed E-state index contributed by atoms with van der Waals surface area (Å²) in [5, 5.41) is 4.23. The van der Waals surface area contributed by atoms with Gasteiger partial charge in [-0.2, -0.15) is 0 Å². The quantitative estimate of drug-likeness (QED) is 0.804. The van der Waals surface area contributed by atoms with E-state index in [0.29, 0.717) is 6.04 Å². The molecular weight excluding hydrogens is 232 g/mol. The van der Waals surface area contributed by atoms with Gasteiger partial charge in [0.05, 0.1) is 0 Å². The summed E-state index contributed by atoms with van der Waals surface area (Å²) in [7, 11) is 2.16. The highest BCUT2D eigenvalue weighted by atomic mass is 35.5. The van der Waals surface area contributed by atoms with Crippen molar-refractivity contribution in [1.82, 2.24) is 10.2 Å². The van der Waals surface area contributed by atoms with E-state index >= 15 is 0 Å². The largest absolute Gasteiger partial charge is 0.314 e.